The number of rotatable bonds is 5. The molecule has 1 aromatic carbocycles. The second-order valence-electron chi connectivity index (χ2n) is 6.49. The number of hydrogen-bond acceptors (Lipinski definition) is 4. The van der Waals surface area contributed by atoms with Crippen molar-refractivity contribution in [3.8, 4) is 0 Å². The van der Waals surface area contributed by atoms with Crippen molar-refractivity contribution in [2.75, 3.05) is 45.1 Å². The highest BCUT2D eigenvalue weighted by atomic mass is 35.5. The van der Waals surface area contributed by atoms with Crippen LogP contribution in [0.5, 0.6) is 0 Å². The number of para-hydroxylation sites is 1. The van der Waals surface area contributed by atoms with Crippen LogP contribution in [0.4, 0.5) is 5.69 Å². The summed E-state index contributed by atoms with van der Waals surface area (Å²) in [6.45, 7) is 5.49. The molecule has 3 rings (SSSR count). The molecule has 5 nitrogen and oxygen atoms in total. The molecule has 2 heterocycles. The van der Waals surface area contributed by atoms with Crippen molar-refractivity contribution in [2.24, 2.45) is 0 Å². The highest BCUT2D eigenvalue weighted by Crippen LogP contribution is 2.21. The van der Waals surface area contributed by atoms with E-state index in [0.717, 1.165) is 69.9 Å². The molecule has 0 bridgehead atoms. The van der Waals surface area contributed by atoms with Gasteiger partial charge in [-0.2, -0.15) is 0 Å². The van der Waals surface area contributed by atoms with E-state index in [1.807, 2.05) is 24.3 Å². The van der Waals surface area contributed by atoms with E-state index in [9.17, 15) is 4.79 Å². The quantitative estimate of drug-likeness (QED) is 0.785. The first kappa shape index (κ1) is 22.0. The van der Waals surface area contributed by atoms with Gasteiger partial charge in [0.2, 0.25) is 5.91 Å². The molecule has 2 aliphatic heterocycles. The minimum Gasteiger partial charge on any atom is -0.399 e. The molecule has 1 unspecified atom stereocenters. The molecule has 2 saturated heterocycles. The SMILES string of the molecule is Cl.Cl.Nc1ccccc1CCC(=O)N1CCCC1CN1CCOCC1. The number of nitrogen functional groups attached to an aromatic ring is 1. The van der Waals surface area contributed by atoms with Gasteiger partial charge >= 0.3 is 0 Å². The smallest absolute Gasteiger partial charge is 0.223 e. The Balaban J connectivity index is 0.00000156. The molecular weight excluding hydrogens is 361 g/mol. The van der Waals surface area contributed by atoms with Crippen LogP contribution in [-0.4, -0.2) is 61.1 Å². The summed E-state index contributed by atoms with van der Waals surface area (Å²) in [6.07, 6.45) is 3.52. The van der Waals surface area contributed by atoms with Crippen LogP contribution in [0, 0.1) is 0 Å². The van der Waals surface area contributed by atoms with Crippen LogP contribution >= 0.6 is 24.8 Å². The number of nitrogens with two attached hydrogens (primary N) is 1. The number of likely N-dealkylation sites (tertiary alicyclic amines) is 1. The maximum atomic E-state index is 12.6. The van der Waals surface area contributed by atoms with E-state index >= 15 is 0 Å². The normalized spacial score (nSPS) is 20.6. The summed E-state index contributed by atoms with van der Waals surface area (Å²) < 4.78 is 5.40. The molecule has 2 aliphatic rings. The Morgan fingerprint density at radius 2 is 1.88 bits per heavy atom. The molecule has 2 N–H and O–H groups in total. The lowest BCUT2D eigenvalue weighted by Crippen LogP contribution is -2.46. The Bertz CT molecular complexity index is 539. The van der Waals surface area contributed by atoms with Crippen LogP contribution in [0.1, 0.15) is 24.8 Å². The van der Waals surface area contributed by atoms with Crippen molar-refractivity contribution in [1.82, 2.24) is 9.80 Å². The van der Waals surface area contributed by atoms with Crippen molar-refractivity contribution in [3.63, 3.8) is 0 Å². The lowest BCUT2D eigenvalue weighted by atomic mass is 10.1. The first-order valence-electron chi connectivity index (χ1n) is 8.67. The first-order valence-corrected chi connectivity index (χ1v) is 8.67. The maximum Gasteiger partial charge on any atom is 0.223 e. The van der Waals surface area contributed by atoms with Crippen molar-refractivity contribution in [1.29, 1.82) is 0 Å². The third kappa shape index (κ3) is 6.03. The molecule has 25 heavy (non-hydrogen) atoms. The number of anilines is 1. The molecular formula is C18H29Cl2N3O2. The summed E-state index contributed by atoms with van der Waals surface area (Å²) in [6, 6.07) is 8.19. The average molecular weight is 390 g/mol. The number of morpholine rings is 1. The maximum absolute atomic E-state index is 12.6. The van der Waals surface area contributed by atoms with E-state index in [1.165, 1.54) is 0 Å². The predicted molar refractivity (Wildman–Crippen MR) is 106 cm³/mol. The molecule has 7 heteroatoms. The number of benzene rings is 1. The zero-order valence-corrected chi connectivity index (χ0v) is 16.2. The fourth-order valence-corrected chi connectivity index (χ4v) is 3.58. The van der Waals surface area contributed by atoms with Crippen LogP contribution < -0.4 is 5.73 Å². The third-order valence-electron chi connectivity index (χ3n) is 4.93. The molecule has 0 radical (unpaired) electrons. The molecule has 0 saturated carbocycles. The fraction of sp³-hybridized carbons (Fsp3) is 0.611. The lowest BCUT2D eigenvalue weighted by Gasteiger charge is -2.33. The van der Waals surface area contributed by atoms with Gasteiger partial charge in [0.05, 0.1) is 13.2 Å². The molecule has 1 amide bonds. The van der Waals surface area contributed by atoms with E-state index in [1.54, 1.807) is 0 Å². The van der Waals surface area contributed by atoms with Gasteiger partial charge in [-0.1, -0.05) is 18.2 Å². The largest absolute Gasteiger partial charge is 0.399 e. The van der Waals surface area contributed by atoms with Gasteiger partial charge in [-0.15, -0.1) is 24.8 Å². The Hall–Kier alpha value is -1.01. The number of amides is 1. The molecule has 142 valence electrons. The Morgan fingerprint density at radius 3 is 2.60 bits per heavy atom. The van der Waals surface area contributed by atoms with Gasteiger partial charge in [0, 0.05) is 44.3 Å². The van der Waals surface area contributed by atoms with Crippen LogP contribution in [0.15, 0.2) is 24.3 Å². The van der Waals surface area contributed by atoms with Crippen molar-refractivity contribution in [2.45, 2.75) is 31.7 Å². The highest BCUT2D eigenvalue weighted by molar-refractivity contribution is 5.85. The van der Waals surface area contributed by atoms with E-state index < -0.39 is 0 Å². The lowest BCUT2D eigenvalue weighted by molar-refractivity contribution is -0.132. The van der Waals surface area contributed by atoms with Crippen molar-refractivity contribution in [3.05, 3.63) is 29.8 Å². The number of carbonyl (C=O) groups is 1. The summed E-state index contributed by atoms with van der Waals surface area (Å²) in [5, 5.41) is 0. The highest BCUT2D eigenvalue weighted by Gasteiger charge is 2.30. The summed E-state index contributed by atoms with van der Waals surface area (Å²) in [4.78, 5) is 17.1. The molecule has 1 atom stereocenters. The summed E-state index contributed by atoms with van der Waals surface area (Å²) >= 11 is 0. The Kier molecular flexibility index (Phi) is 9.57. The molecule has 1 aromatic rings. The molecule has 0 spiro atoms. The Labute approximate surface area is 162 Å². The number of hydrogen-bond donors (Lipinski definition) is 1. The zero-order valence-electron chi connectivity index (χ0n) is 14.6. The van der Waals surface area contributed by atoms with Gasteiger partial charge in [0.25, 0.3) is 0 Å². The van der Waals surface area contributed by atoms with Crippen molar-refractivity contribution >= 4 is 36.4 Å². The summed E-state index contributed by atoms with van der Waals surface area (Å²) in [7, 11) is 0. The van der Waals surface area contributed by atoms with Gasteiger partial charge in [0.15, 0.2) is 0 Å². The van der Waals surface area contributed by atoms with Gasteiger partial charge in [-0.05, 0) is 30.9 Å². The van der Waals surface area contributed by atoms with E-state index in [2.05, 4.69) is 9.80 Å². The minimum atomic E-state index is 0. The molecule has 0 aliphatic carbocycles. The monoisotopic (exact) mass is 389 g/mol. The van der Waals surface area contributed by atoms with E-state index in [4.69, 9.17) is 10.5 Å². The van der Waals surface area contributed by atoms with Crippen LogP contribution in [0.2, 0.25) is 0 Å². The first-order chi connectivity index (χ1) is 11.2. The zero-order chi connectivity index (χ0) is 16.1. The average Bonchev–Trinajstić information content (AvgIpc) is 3.03. The predicted octanol–water partition coefficient (Wildman–Crippen LogP) is 2.37. The van der Waals surface area contributed by atoms with Crippen LogP contribution in [-0.2, 0) is 16.0 Å². The fourth-order valence-electron chi connectivity index (χ4n) is 3.58. The van der Waals surface area contributed by atoms with Crippen LogP contribution in [0.25, 0.3) is 0 Å². The van der Waals surface area contributed by atoms with E-state index in [0.29, 0.717) is 12.5 Å². The van der Waals surface area contributed by atoms with Gasteiger partial charge < -0.3 is 15.4 Å². The number of carbonyl (C=O) groups excluding carboxylic acids is 1. The third-order valence-corrected chi connectivity index (χ3v) is 4.93. The summed E-state index contributed by atoms with van der Waals surface area (Å²) in [5.41, 5.74) is 7.83. The van der Waals surface area contributed by atoms with Gasteiger partial charge in [-0.3, -0.25) is 9.69 Å². The molecule has 2 fully saturated rings. The van der Waals surface area contributed by atoms with E-state index in [-0.39, 0.29) is 30.7 Å². The Morgan fingerprint density at radius 1 is 1.16 bits per heavy atom. The second kappa shape index (κ2) is 10.9. The number of aryl methyl sites for hydroxylation is 1. The number of nitrogens with zero attached hydrogens (tertiary/aromatic N) is 2. The molecule has 0 aromatic heterocycles. The van der Waals surface area contributed by atoms with Gasteiger partial charge in [-0.25, -0.2) is 0 Å². The summed E-state index contributed by atoms with van der Waals surface area (Å²) in [5.74, 6) is 0.268. The topological polar surface area (TPSA) is 58.8 Å². The standard InChI is InChI=1S/C18H27N3O2.2ClH/c19-17-6-2-1-4-15(17)7-8-18(22)21-9-3-5-16(21)14-20-10-12-23-13-11-20;;/h1-2,4,6,16H,3,5,7-14,19H2;2*1H. The van der Waals surface area contributed by atoms with Crippen molar-refractivity contribution < 1.29 is 9.53 Å². The second-order valence-corrected chi connectivity index (χ2v) is 6.49. The number of ether oxygens (including phenoxy) is 1. The van der Waals surface area contributed by atoms with Gasteiger partial charge in [0.1, 0.15) is 0 Å². The number of halogens is 2. The minimum absolute atomic E-state index is 0. The van der Waals surface area contributed by atoms with Crippen LogP contribution in [0.3, 0.4) is 0 Å².